The zero-order valence-corrected chi connectivity index (χ0v) is 75.1. The van der Waals surface area contributed by atoms with E-state index in [0.717, 1.165) is 68.2 Å². The van der Waals surface area contributed by atoms with Gasteiger partial charge in [0.2, 0.25) is 0 Å². The highest BCUT2D eigenvalue weighted by Crippen LogP contribution is 2.53. The third-order valence-electron chi connectivity index (χ3n) is 27.1. The Balaban J connectivity index is 0.000000152. The first-order valence-electron chi connectivity index (χ1n) is 46.6. The van der Waals surface area contributed by atoms with Gasteiger partial charge < -0.3 is 19.6 Å². The van der Waals surface area contributed by atoms with E-state index in [-0.39, 0.29) is 5.41 Å². The number of rotatable bonds is 19. The zero-order valence-electron chi connectivity index (χ0n) is 75.1. The normalized spacial score (nSPS) is 11.8. The van der Waals surface area contributed by atoms with E-state index >= 15 is 0 Å². The number of anilines is 12. The molecule has 0 spiro atoms. The summed E-state index contributed by atoms with van der Waals surface area (Å²) in [5.74, 6) is 0. The van der Waals surface area contributed by atoms with Crippen LogP contribution in [0.4, 0.5) is 68.2 Å². The minimum atomic E-state index is -0.0594. The van der Waals surface area contributed by atoms with Crippen LogP contribution in [-0.4, -0.2) is 0 Å². The van der Waals surface area contributed by atoms with Crippen molar-refractivity contribution in [3.8, 4) is 89.0 Å². The lowest BCUT2D eigenvalue weighted by molar-refractivity contribution is 0.660. The number of benzene rings is 23. The molecule has 0 fully saturated rings. The van der Waals surface area contributed by atoms with Crippen molar-refractivity contribution in [2.75, 3.05) is 19.6 Å². The molecule has 0 saturated heterocycles. The van der Waals surface area contributed by atoms with Gasteiger partial charge in [-0.15, -0.1) is 0 Å². The molecule has 0 aliphatic heterocycles. The Hall–Kier alpha value is -17.4. The Morgan fingerprint density at radius 2 is 0.333 bits per heavy atom. The monoisotopic (exact) mass is 1720 g/mol. The molecule has 0 heterocycles. The second kappa shape index (κ2) is 35.8. The molecule has 24 rings (SSSR count). The molecule has 0 aromatic heterocycles. The number of nitrogens with zero attached hydrogens (tertiary/aromatic N) is 4. The summed E-state index contributed by atoms with van der Waals surface area (Å²) < 4.78 is 0. The van der Waals surface area contributed by atoms with Gasteiger partial charge in [0.15, 0.2) is 0 Å². The van der Waals surface area contributed by atoms with Crippen LogP contribution in [0.5, 0.6) is 0 Å². The van der Waals surface area contributed by atoms with Gasteiger partial charge in [0.1, 0.15) is 0 Å². The Bertz CT molecular complexity index is 8030. The van der Waals surface area contributed by atoms with Crippen LogP contribution in [0.15, 0.2) is 534 Å². The van der Waals surface area contributed by atoms with Crippen LogP contribution in [-0.2, 0) is 5.41 Å². The molecule has 638 valence electrons. The number of para-hydroxylation sites is 4. The second-order valence-electron chi connectivity index (χ2n) is 35.4. The Kier molecular flexibility index (Phi) is 21.7. The van der Waals surface area contributed by atoms with Crippen molar-refractivity contribution >= 4 is 122 Å². The lowest BCUT2D eigenvalue weighted by Crippen LogP contribution is -2.14. The van der Waals surface area contributed by atoms with E-state index in [1.165, 1.54) is 154 Å². The molecule has 0 bridgehead atoms. The van der Waals surface area contributed by atoms with Crippen molar-refractivity contribution in [3.05, 3.63) is 545 Å². The maximum Gasteiger partial charge on any atom is 0.0463 e. The zero-order chi connectivity index (χ0) is 90.1. The average molecular weight is 1720 g/mol. The summed E-state index contributed by atoms with van der Waals surface area (Å²) in [7, 11) is 0. The van der Waals surface area contributed by atoms with Crippen LogP contribution in [0.1, 0.15) is 25.0 Å². The van der Waals surface area contributed by atoms with Crippen LogP contribution >= 0.6 is 0 Å². The van der Waals surface area contributed by atoms with Gasteiger partial charge >= 0.3 is 0 Å². The summed E-state index contributed by atoms with van der Waals surface area (Å²) in [4.78, 5) is 9.36. The molecule has 4 nitrogen and oxygen atoms in total. The first kappa shape index (κ1) is 82.0. The average Bonchev–Trinajstić information content (AvgIpc) is 1.56. The highest BCUT2D eigenvalue weighted by Gasteiger charge is 2.36. The number of hydrogen-bond acceptors (Lipinski definition) is 4. The molecule has 23 aromatic carbocycles. The summed E-state index contributed by atoms with van der Waals surface area (Å²) in [5, 5.41) is 12.5. The summed E-state index contributed by atoms with van der Waals surface area (Å²) in [6.45, 7) is 4.70. The van der Waals surface area contributed by atoms with Crippen molar-refractivity contribution in [2.24, 2.45) is 0 Å². The molecule has 0 atom stereocenters. The number of fused-ring (bicyclic) bond motifs is 8. The van der Waals surface area contributed by atoms with Crippen LogP contribution in [0.25, 0.3) is 143 Å². The molecule has 0 amide bonds. The minimum absolute atomic E-state index is 0.0594. The maximum atomic E-state index is 2.41. The Morgan fingerprint density at radius 3 is 0.652 bits per heavy atom. The first-order valence-corrected chi connectivity index (χ1v) is 46.6. The third-order valence-corrected chi connectivity index (χ3v) is 27.1. The van der Waals surface area contributed by atoms with Gasteiger partial charge in [-0.3, -0.25) is 0 Å². The van der Waals surface area contributed by atoms with Crippen molar-refractivity contribution in [2.45, 2.75) is 19.3 Å². The fraction of sp³-hybridized carbons (Fsp3) is 0.0229. The highest BCUT2D eigenvalue weighted by molar-refractivity contribution is 6.23. The van der Waals surface area contributed by atoms with Gasteiger partial charge in [0, 0.05) is 73.7 Å². The molecular weight excluding hydrogens is 1630 g/mol. The van der Waals surface area contributed by atoms with Gasteiger partial charge in [0.25, 0.3) is 0 Å². The number of hydrogen-bond donors (Lipinski definition) is 0. The molecule has 0 radical (unpaired) electrons. The van der Waals surface area contributed by atoms with Crippen molar-refractivity contribution in [1.29, 1.82) is 0 Å². The third kappa shape index (κ3) is 15.7. The predicted molar refractivity (Wildman–Crippen MR) is 575 cm³/mol. The van der Waals surface area contributed by atoms with Crippen LogP contribution in [0.3, 0.4) is 0 Å². The van der Waals surface area contributed by atoms with E-state index < -0.39 is 0 Å². The topological polar surface area (TPSA) is 13.0 Å². The maximum absolute atomic E-state index is 2.41. The van der Waals surface area contributed by atoms with Crippen LogP contribution < -0.4 is 19.6 Å². The van der Waals surface area contributed by atoms with Gasteiger partial charge in [-0.05, 0) is 312 Å². The molecular formula is C131H94N4. The van der Waals surface area contributed by atoms with E-state index in [0.29, 0.717) is 0 Å². The molecule has 23 aromatic rings. The smallest absolute Gasteiger partial charge is 0.0463 e. The largest absolute Gasteiger partial charge is 0.311 e. The van der Waals surface area contributed by atoms with Gasteiger partial charge in [-0.25, -0.2) is 0 Å². The molecule has 0 unspecified atom stereocenters. The highest BCUT2D eigenvalue weighted by atomic mass is 15.2. The lowest BCUT2D eigenvalue weighted by atomic mass is 9.81. The van der Waals surface area contributed by atoms with Gasteiger partial charge in [-0.1, -0.05) is 390 Å². The van der Waals surface area contributed by atoms with Gasteiger partial charge in [0.05, 0.1) is 0 Å². The van der Waals surface area contributed by atoms with Crippen molar-refractivity contribution in [1.82, 2.24) is 0 Å². The van der Waals surface area contributed by atoms with E-state index in [9.17, 15) is 0 Å². The predicted octanol–water partition coefficient (Wildman–Crippen LogP) is 37.0. The summed E-state index contributed by atoms with van der Waals surface area (Å²) in [5.41, 5.74) is 35.5. The standard InChI is InChI=1S/C66H46N2.C65H48N2/c1-4-17-51(18-5-1)65-61-24-12-14-26-63(61)66(64-27-15-13-25-62(64)65)52-36-40-58(41-37-52)68(60-44-42-59(43-45-60)67(55-20-6-2-7-21-55)56-22-8-3-9-23-56)57-38-34-49(35-39-57)48-28-30-50(31-29-48)54-33-32-47-16-10-11-19-53(47)46-54;1-65(2)61-29-17-16-24-55(61)56-43-34-48(44-62(56)65)45-30-35-51(36-31-45)67(54-41-39-53(40-42-54)66(49-20-8-4-9-21-49)50-22-10-5-11-23-50)52-37-32-47(33-38-52)64-59-27-14-12-25-57(59)63(46-18-6-3-7-19-46)58-26-13-15-28-60(58)64/h1-46H;3-44H,1-2H3. The fourth-order valence-corrected chi connectivity index (χ4v) is 20.6. The van der Waals surface area contributed by atoms with E-state index in [1.54, 1.807) is 0 Å². The molecule has 4 heteroatoms. The van der Waals surface area contributed by atoms with Crippen LogP contribution in [0.2, 0.25) is 0 Å². The minimum Gasteiger partial charge on any atom is -0.311 e. The molecule has 1 aliphatic rings. The quantitative estimate of drug-likeness (QED) is 0.0748. The SMILES string of the molecule is CC1(C)c2ccccc2-c2ccc(-c3ccc(N(c4ccc(-c5c6ccccc6c(-c6ccccc6)c6ccccc56)cc4)c4ccc(N(c5ccccc5)c5ccccc5)cc4)cc3)cc21.c1ccc(-c2c3ccccc3c(-c3ccc(N(c4ccc(-c5ccc(-c6ccc7ccccc7c6)cc5)cc4)c4ccc(N(c5ccccc5)c5ccccc5)cc4)cc3)c3ccccc23)cc1. The Morgan fingerprint density at radius 1 is 0.133 bits per heavy atom. The summed E-state index contributed by atoms with van der Waals surface area (Å²) in [6, 6.07) is 194. The van der Waals surface area contributed by atoms with E-state index in [1.807, 2.05) is 0 Å². The first-order chi connectivity index (χ1) is 66.7. The van der Waals surface area contributed by atoms with Gasteiger partial charge in [-0.2, -0.15) is 0 Å². The fourth-order valence-electron chi connectivity index (χ4n) is 20.6. The molecule has 1 aliphatic carbocycles. The van der Waals surface area contributed by atoms with Crippen molar-refractivity contribution in [3.63, 3.8) is 0 Å². The summed E-state index contributed by atoms with van der Waals surface area (Å²) in [6.07, 6.45) is 0. The van der Waals surface area contributed by atoms with E-state index in [4.69, 9.17) is 0 Å². The lowest BCUT2D eigenvalue weighted by Gasteiger charge is -2.28. The summed E-state index contributed by atoms with van der Waals surface area (Å²) >= 11 is 0. The Labute approximate surface area is 789 Å². The van der Waals surface area contributed by atoms with E-state index in [2.05, 4.69) is 567 Å². The molecule has 135 heavy (non-hydrogen) atoms. The molecule has 0 saturated carbocycles. The molecule has 0 N–H and O–H groups in total. The van der Waals surface area contributed by atoms with Crippen LogP contribution in [0, 0.1) is 0 Å². The van der Waals surface area contributed by atoms with Crippen molar-refractivity contribution < 1.29 is 0 Å². The second-order valence-corrected chi connectivity index (χ2v) is 35.4.